The van der Waals surface area contributed by atoms with E-state index in [9.17, 15) is 9.18 Å². The van der Waals surface area contributed by atoms with Crippen LogP contribution in [0.5, 0.6) is 0 Å². The summed E-state index contributed by atoms with van der Waals surface area (Å²) in [5.41, 5.74) is 7.58. The number of carbonyl (C=O) groups excluding carboxylic acids is 1. The van der Waals surface area contributed by atoms with Gasteiger partial charge in [-0.2, -0.15) is 4.98 Å². The number of thioether (sulfide) groups is 1. The summed E-state index contributed by atoms with van der Waals surface area (Å²) < 4.78 is 13.0. The van der Waals surface area contributed by atoms with Crippen LogP contribution in [0.25, 0.3) is 5.57 Å². The van der Waals surface area contributed by atoms with Gasteiger partial charge in [-0.05, 0) is 29.7 Å². The molecule has 6 nitrogen and oxygen atoms in total. The van der Waals surface area contributed by atoms with Gasteiger partial charge in [-0.15, -0.1) is 5.10 Å². The van der Waals surface area contributed by atoms with E-state index < -0.39 is 0 Å². The highest BCUT2D eigenvalue weighted by Crippen LogP contribution is 2.23. The van der Waals surface area contributed by atoms with E-state index in [4.69, 9.17) is 5.73 Å². The lowest BCUT2D eigenvalue weighted by Crippen LogP contribution is -2.35. The molecular weight excluding hydrogens is 317 g/mol. The Kier molecular flexibility index (Phi) is 4.61. The van der Waals surface area contributed by atoms with Gasteiger partial charge in [0.25, 0.3) is 0 Å². The highest BCUT2D eigenvalue weighted by molar-refractivity contribution is 7.99. The van der Waals surface area contributed by atoms with Gasteiger partial charge in [-0.3, -0.25) is 4.79 Å². The largest absolute Gasteiger partial charge is 0.368 e. The summed E-state index contributed by atoms with van der Waals surface area (Å²) >= 11 is 1.25. The zero-order chi connectivity index (χ0) is 16.2. The number of aromatic amines is 1. The Morgan fingerprint density at radius 2 is 2.17 bits per heavy atom. The molecular formula is C15H16FN5OS. The summed E-state index contributed by atoms with van der Waals surface area (Å²) in [7, 11) is 0. The highest BCUT2D eigenvalue weighted by atomic mass is 32.2. The lowest BCUT2D eigenvalue weighted by molar-refractivity contribution is -0.127. The maximum Gasteiger partial charge on any atom is 0.233 e. The van der Waals surface area contributed by atoms with Crippen molar-refractivity contribution in [3.05, 3.63) is 41.7 Å². The molecule has 3 rings (SSSR count). The van der Waals surface area contributed by atoms with Crippen molar-refractivity contribution in [1.29, 1.82) is 0 Å². The fourth-order valence-corrected chi connectivity index (χ4v) is 3.07. The second-order valence-electron chi connectivity index (χ2n) is 5.12. The van der Waals surface area contributed by atoms with Gasteiger partial charge in [-0.1, -0.05) is 30.0 Å². The standard InChI is InChI=1S/C15H16FN5OS/c16-12-3-1-10(2-4-12)11-5-7-21(8-6-11)13(22)9-23-15-18-14(17)19-20-15/h1-5H,6-9H2,(H3,17,18,19,20). The Bertz CT molecular complexity index is 728. The van der Waals surface area contributed by atoms with Crippen molar-refractivity contribution in [1.82, 2.24) is 20.1 Å². The Balaban J connectivity index is 1.55. The van der Waals surface area contributed by atoms with Gasteiger partial charge in [0, 0.05) is 13.1 Å². The van der Waals surface area contributed by atoms with E-state index in [-0.39, 0.29) is 23.4 Å². The fraction of sp³-hybridized carbons (Fsp3) is 0.267. The number of nitrogen functional groups attached to an aromatic ring is 1. The van der Waals surface area contributed by atoms with E-state index >= 15 is 0 Å². The molecule has 8 heteroatoms. The number of hydrogen-bond donors (Lipinski definition) is 2. The van der Waals surface area contributed by atoms with Gasteiger partial charge in [0.1, 0.15) is 5.82 Å². The van der Waals surface area contributed by atoms with E-state index in [0.717, 1.165) is 17.6 Å². The number of anilines is 1. The van der Waals surface area contributed by atoms with Crippen LogP contribution in [0.2, 0.25) is 0 Å². The van der Waals surface area contributed by atoms with Crippen LogP contribution in [-0.2, 0) is 4.79 Å². The third-order valence-electron chi connectivity index (χ3n) is 3.58. The first-order valence-electron chi connectivity index (χ1n) is 7.15. The SMILES string of the molecule is Nc1nc(SCC(=O)N2CC=C(c3ccc(F)cc3)CC2)n[nH]1. The van der Waals surface area contributed by atoms with Gasteiger partial charge in [0.15, 0.2) is 0 Å². The summed E-state index contributed by atoms with van der Waals surface area (Å²) in [5.74, 6) is 0.306. The molecule has 1 amide bonds. The number of H-pyrrole nitrogens is 1. The number of hydrogen-bond acceptors (Lipinski definition) is 5. The molecule has 0 aliphatic carbocycles. The first kappa shape index (κ1) is 15.5. The molecule has 1 aliphatic heterocycles. The summed E-state index contributed by atoms with van der Waals surface area (Å²) in [5, 5.41) is 6.88. The van der Waals surface area contributed by atoms with Crippen molar-refractivity contribution in [2.45, 2.75) is 11.6 Å². The summed E-state index contributed by atoms with van der Waals surface area (Å²) in [6.07, 6.45) is 2.78. The van der Waals surface area contributed by atoms with E-state index in [1.165, 1.54) is 23.9 Å². The van der Waals surface area contributed by atoms with Crippen LogP contribution in [-0.4, -0.2) is 44.8 Å². The van der Waals surface area contributed by atoms with Gasteiger partial charge in [-0.25, -0.2) is 9.49 Å². The zero-order valence-corrected chi connectivity index (χ0v) is 13.1. The molecule has 0 bridgehead atoms. The van der Waals surface area contributed by atoms with Gasteiger partial charge >= 0.3 is 0 Å². The molecule has 2 heterocycles. The molecule has 1 aliphatic rings. The Morgan fingerprint density at radius 1 is 1.39 bits per heavy atom. The number of nitrogens with one attached hydrogen (secondary N) is 1. The molecule has 0 atom stereocenters. The summed E-state index contributed by atoms with van der Waals surface area (Å²) in [6, 6.07) is 6.43. The lowest BCUT2D eigenvalue weighted by atomic mass is 9.99. The van der Waals surface area contributed by atoms with E-state index in [1.54, 1.807) is 17.0 Å². The molecule has 23 heavy (non-hydrogen) atoms. The highest BCUT2D eigenvalue weighted by Gasteiger charge is 2.18. The second-order valence-corrected chi connectivity index (χ2v) is 6.06. The number of amides is 1. The molecule has 120 valence electrons. The molecule has 0 radical (unpaired) electrons. The minimum atomic E-state index is -0.244. The van der Waals surface area contributed by atoms with Crippen molar-refractivity contribution in [2.24, 2.45) is 0 Å². The number of benzene rings is 1. The van der Waals surface area contributed by atoms with Crippen LogP contribution in [0, 0.1) is 5.82 Å². The zero-order valence-electron chi connectivity index (χ0n) is 12.3. The number of rotatable bonds is 4. The molecule has 0 unspecified atom stereocenters. The number of halogens is 1. The lowest BCUT2D eigenvalue weighted by Gasteiger charge is -2.26. The molecule has 1 aromatic carbocycles. The van der Waals surface area contributed by atoms with Gasteiger partial charge < -0.3 is 10.6 Å². The first-order chi connectivity index (χ1) is 11.1. The van der Waals surface area contributed by atoms with Crippen LogP contribution in [0.15, 0.2) is 35.5 Å². The maximum absolute atomic E-state index is 13.0. The van der Waals surface area contributed by atoms with Crippen molar-refractivity contribution in [2.75, 3.05) is 24.6 Å². The van der Waals surface area contributed by atoms with Crippen molar-refractivity contribution >= 4 is 29.2 Å². The monoisotopic (exact) mass is 333 g/mol. The number of nitrogens with zero attached hydrogens (tertiary/aromatic N) is 3. The number of carbonyl (C=O) groups is 1. The third-order valence-corrected chi connectivity index (χ3v) is 4.42. The average molecular weight is 333 g/mol. The van der Waals surface area contributed by atoms with E-state index in [0.29, 0.717) is 18.2 Å². The smallest absolute Gasteiger partial charge is 0.233 e. The topological polar surface area (TPSA) is 87.9 Å². The summed E-state index contributed by atoms with van der Waals surface area (Å²) in [6.45, 7) is 1.21. The second kappa shape index (κ2) is 6.82. The first-order valence-corrected chi connectivity index (χ1v) is 8.14. The van der Waals surface area contributed by atoms with Crippen LogP contribution in [0.4, 0.5) is 10.3 Å². The maximum atomic E-state index is 13.0. The van der Waals surface area contributed by atoms with E-state index in [1.807, 2.05) is 6.08 Å². The Morgan fingerprint density at radius 3 is 2.78 bits per heavy atom. The molecule has 3 N–H and O–H groups in total. The summed E-state index contributed by atoms with van der Waals surface area (Å²) in [4.78, 5) is 17.9. The number of aromatic nitrogens is 3. The van der Waals surface area contributed by atoms with Crippen molar-refractivity contribution in [3.63, 3.8) is 0 Å². The third kappa shape index (κ3) is 3.89. The molecule has 0 spiro atoms. The number of nitrogens with two attached hydrogens (primary N) is 1. The molecule has 1 aromatic heterocycles. The van der Waals surface area contributed by atoms with E-state index in [2.05, 4.69) is 15.2 Å². The van der Waals surface area contributed by atoms with Crippen LogP contribution in [0.3, 0.4) is 0 Å². The molecule has 0 fully saturated rings. The molecule has 0 saturated heterocycles. The minimum absolute atomic E-state index is 0.0350. The minimum Gasteiger partial charge on any atom is -0.368 e. The fourth-order valence-electron chi connectivity index (χ4n) is 2.36. The van der Waals surface area contributed by atoms with Gasteiger partial charge in [0.2, 0.25) is 17.0 Å². The normalized spacial score (nSPS) is 14.7. The molecule has 2 aromatic rings. The Hall–Kier alpha value is -2.35. The predicted octanol–water partition coefficient (Wildman–Crippen LogP) is 1.93. The van der Waals surface area contributed by atoms with Gasteiger partial charge in [0.05, 0.1) is 5.75 Å². The van der Waals surface area contributed by atoms with Crippen molar-refractivity contribution < 1.29 is 9.18 Å². The Labute approximate surface area is 137 Å². The van der Waals surface area contributed by atoms with Crippen molar-refractivity contribution in [3.8, 4) is 0 Å². The quantitative estimate of drug-likeness (QED) is 0.835. The van der Waals surface area contributed by atoms with Crippen LogP contribution < -0.4 is 5.73 Å². The average Bonchev–Trinajstić information content (AvgIpc) is 2.99. The molecule has 0 saturated carbocycles. The van der Waals surface area contributed by atoms with Crippen LogP contribution in [0.1, 0.15) is 12.0 Å². The van der Waals surface area contributed by atoms with Crippen LogP contribution >= 0.6 is 11.8 Å². The predicted molar refractivity (Wildman–Crippen MR) is 87.1 cm³/mol.